The highest BCUT2D eigenvalue weighted by atomic mass is 127. The van der Waals surface area contributed by atoms with E-state index in [1.54, 1.807) is 12.0 Å². The van der Waals surface area contributed by atoms with Crippen molar-refractivity contribution in [2.24, 2.45) is 0 Å². The molecule has 3 rings (SSSR count). The number of ether oxygens (including phenoxy) is 2. The summed E-state index contributed by atoms with van der Waals surface area (Å²) in [4.78, 5) is 15.1. The molecule has 1 aliphatic rings. The monoisotopic (exact) mass is 589 g/mol. The zero-order valence-corrected chi connectivity index (χ0v) is 20.6. The molecule has 8 heteroatoms. The molecule has 28 heavy (non-hydrogen) atoms. The lowest BCUT2D eigenvalue weighted by atomic mass is 10.1. The zero-order valence-electron chi connectivity index (χ0n) is 15.2. The molecule has 0 radical (unpaired) electrons. The van der Waals surface area contributed by atoms with Gasteiger partial charge >= 0.3 is 0 Å². The third-order valence-corrected chi connectivity index (χ3v) is 6.46. The van der Waals surface area contributed by atoms with Crippen LogP contribution in [0, 0.1) is 3.57 Å². The fourth-order valence-corrected chi connectivity index (χ4v) is 5.09. The average Bonchev–Trinajstić information content (AvgIpc) is 2.93. The maximum absolute atomic E-state index is 13.0. The molecular weight excluding hydrogens is 573 g/mol. The number of hydrogen-bond donors (Lipinski definition) is 0. The molecule has 1 amide bonds. The first kappa shape index (κ1) is 21.6. The van der Waals surface area contributed by atoms with Crippen molar-refractivity contribution in [3.8, 4) is 11.5 Å². The van der Waals surface area contributed by atoms with E-state index in [-0.39, 0.29) is 5.91 Å². The summed E-state index contributed by atoms with van der Waals surface area (Å²) in [6.07, 6.45) is 2.75. The molecule has 0 bridgehead atoms. The maximum atomic E-state index is 13.0. The summed E-state index contributed by atoms with van der Waals surface area (Å²) in [5, 5.41) is 0. The summed E-state index contributed by atoms with van der Waals surface area (Å²) < 4.78 is 13.6. The van der Waals surface area contributed by atoms with Gasteiger partial charge in [0.05, 0.1) is 27.9 Å². The molecule has 2 aromatic rings. The fourth-order valence-electron chi connectivity index (χ4n) is 2.62. The minimum Gasteiger partial charge on any atom is -0.493 e. The van der Waals surface area contributed by atoms with Crippen LogP contribution in [0.4, 0.5) is 5.69 Å². The van der Waals surface area contributed by atoms with Crippen LogP contribution < -0.4 is 14.4 Å². The minimum absolute atomic E-state index is 0.131. The van der Waals surface area contributed by atoms with Crippen LogP contribution in [0.1, 0.15) is 18.9 Å². The van der Waals surface area contributed by atoms with Crippen LogP contribution in [0.2, 0.25) is 0 Å². The van der Waals surface area contributed by atoms with Gasteiger partial charge in [0, 0.05) is 4.47 Å². The number of amides is 1. The van der Waals surface area contributed by atoms with Crippen molar-refractivity contribution in [2.45, 2.75) is 13.3 Å². The van der Waals surface area contributed by atoms with Crippen molar-refractivity contribution < 1.29 is 14.3 Å². The molecule has 0 N–H and O–H groups in total. The lowest BCUT2D eigenvalue weighted by Crippen LogP contribution is -2.27. The van der Waals surface area contributed by atoms with Crippen molar-refractivity contribution >= 4 is 84.5 Å². The molecule has 1 aliphatic heterocycles. The molecule has 0 spiro atoms. The highest BCUT2D eigenvalue weighted by Crippen LogP contribution is 2.39. The molecule has 0 saturated carbocycles. The Bertz CT molecular complexity index is 964. The van der Waals surface area contributed by atoms with Crippen LogP contribution in [0.15, 0.2) is 45.8 Å². The van der Waals surface area contributed by atoms with E-state index in [1.165, 1.54) is 11.8 Å². The lowest BCUT2D eigenvalue weighted by molar-refractivity contribution is -0.113. The Kier molecular flexibility index (Phi) is 7.41. The normalized spacial score (nSPS) is 15.4. The number of thiocarbonyl (C=S) groups is 1. The first-order valence-corrected chi connectivity index (χ1v) is 11.6. The van der Waals surface area contributed by atoms with Crippen LogP contribution in [-0.4, -0.2) is 23.9 Å². The predicted octanol–water partition coefficient (Wildman–Crippen LogP) is 6.26. The number of benzene rings is 2. The van der Waals surface area contributed by atoms with Crippen molar-refractivity contribution in [3.63, 3.8) is 0 Å². The Morgan fingerprint density at radius 2 is 2.11 bits per heavy atom. The van der Waals surface area contributed by atoms with Crippen molar-refractivity contribution in [2.75, 3.05) is 18.6 Å². The van der Waals surface area contributed by atoms with E-state index in [9.17, 15) is 4.79 Å². The second kappa shape index (κ2) is 9.60. The Morgan fingerprint density at radius 1 is 1.32 bits per heavy atom. The van der Waals surface area contributed by atoms with Gasteiger partial charge in [-0.1, -0.05) is 52.9 Å². The third-order valence-electron chi connectivity index (χ3n) is 3.86. The zero-order chi connectivity index (χ0) is 20.3. The smallest absolute Gasteiger partial charge is 0.270 e. The summed E-state index contributed by atoms with van der Waals surface area (Å²) in [6, 6.07) is 11.4. The highest BCUT2D eigenvalue weighted by Gasteiger charge is 2.33. The Labute approximate surface area is 195 Å². The Morgan fingerprint density at radius 3 is 2.79 bits per heavy atom. The van der Waals surface area contributed by atoms with Crippen molar-refractivity contribution in [1.29, 1.82) is 0 Å². The molecule has 1 heterocycles. The largest absolute Gasteiger partial charge is 0.493 e. The standard InChI is InChI=1S/C20H17BrINO3S2/c1-3-7-26-18-15(22)8-12(9-16(18)25-2)10-17-19(24)23(20(27)28-17)14-6-4-5-13(21)11-14/h4-6,8-11H,3,7H2,1-2H3/b17-10-. The number of carbonyl (C=O) groups excluding carboxylic acids is 1. The summed E-state index contributed by atoms with van der Waals surface area (Å²) in [5.41, 5.74) is 1.61. The summed E-state index contributed by atoms with van der Waals surface area (Å²) >= 11 is 12.4. The van der Waals surface area contributed by atoms with Crippen LogP contribution >= 0.6 is 62.5 Å². The van der Waals surface area contributed by atoms with E-state index in [4.69, 9.17) is 21.7 Å². The quantitative estimate of drug-likeness (QED) is 0.226. The number of thioether (sulfide) groups is 1. The van der Waals surface area contributed by atoms with Gasteiger partial charge in [-0.25, -0.2) is 0 Å². The van der Waals surface area contributed by atoms with Gasteiger partial charge in [-0.15, -0.1) is 0 Å². The van der Waals surface area contributed by atoms with Crippen LogP contribution in [0.5, 0.6) is 11.5 Å². The molecule has 2 aromatic carbocycles. The van der Waals surface area contributed by atoms with Gasteiger partial charge in [0.2, 0.25) is 0 Å². The van der Waals surface area contributed by atoms with Gasteiger partial charge in [-0.2, -0.15) is 0 Å². The number of nitrogens with zero attached hydrogens (tertiary/aromatic N) is 1. The SMILES string of the molecule is CCCOc1c(I)cc(/C=C2\SC(=S)N(c3cccc(Br)c3)C2=O)cc1OC. The number of rotatable bonds is 6. The van der Waals surface area contributed by atoms with E-state index in [0.29, 0.717) is 21.6 Å². The fraction of sp³-hybridized carbons (Fsp3) is 0.200. The summed E-state index contributed by atoms with van der Waals surface area (Å²) in [6.45, 7) is 2.68. The number of halogens is 2. The van der Waals surface area contributed by atoms with E-state index in [0.717, 1.165) is 31.5 Å². The second-order valence-corrected chi connectivity index (χ2v) is 9.63. The summed E-state index contributed by atoms with van der Waals surface area (Å²) in [7, 11) is 1.61. The molecule has 0 atom stereocenters. The molecule has 0 unspecified atom stereocenters. The third kappa shape index (κ3) is 4.72. The van der Waals surface area contributed by atoms with E-state index in [1.807, 2.05) is 42.5 Å². The molecular formula is C20H17BrINO3S2. The average molecular weight is 590 g/mol. The molecule has 1 saturated heterocycles. The van der Waals surface area contributed by atoms with Gasteiger partial charge in [0.25, 0.3) is 5.91 Å². The van der Waals surface area contributed by atoms with Gasteiger partial charge in [0.1, 0.15) is 0 Å². The van der Waals surface area contributed by atoms with Crippen molar-refractivity contribution in [1.82, 2.24) is 0 Å². The Balaban J connectivity index is 1.92. The first-order chi connectivity index (χ1) is 13.4. The van der Waals surface area contributed by atoms with Gasteiger partial charge in [0.15, 0.2) is 15.8 Å². The molecule has 146 valence electrons. The minimum atomic E-state index is -0.131. The van der Waals surface area contributed by atoms with Gasteiger partial charge < -0.3 is 9.47 Å². The van der Waals surface area contributed by atoms with Crippen LogP contribution in [0.25, 0.3) is 6.08 Å². The molecule has 4 nitrogen and oxygen atoms in total. The second-order valence-electron chi connectivity index (χ2n) is 5.88. The maximum Gasteiger partial charge on any atom is 0.270 e. The topological polar surface area (TPSA) is 38.8 Å². The number of hydrogen-bond acceptors (Lipinski definition) is 5. The van der Waals surface area contributed by atoms with Gasteiger partial charge in [-0.3, -0.25) is 9.69 Å². The summed E-state index contributed by atoms with van der Waals surface area (Å²) in [5.74, 6) is 1.24. The first-order valence-electron chi connectivity index (χ1n) is 8.48. The number of anilines is 1. The van der Waals surface area contributed by atoms with E-state index < -0.39 is 0 Å². The predicted molar refractivity (Wildman–Crippen MR) is 131 cm³/mol. The Hall–Kier alpha value is -1.10. The highest BCUT2D eigenvalue weighted by molar-refractivity contribution is 14.1. The van der Waals surface area contributed by atoms with Crippen LogP contribution in [-0.2, 0) is 4.79 Å². The van der Waals surface area contributed by atoms with Crippen molar-refractivity contribution in [3.05, 3.63) is 54.9 Å². The lowest BCUT2D eigenvalue weighted by Gasteiger charge is -2.14. The van der Waals surface area contributed by atoms with Crippen LogP contribution in [0.3, 0.4) is 0 Å². The van der Waals surface area contributed by atoms with E-state index in [2.05, 4.69) is 45.4 Å². The van der Waals surface area contributed by atoms with E-state index >= 15 is 0 Å². The number of methoxy groups -OCH3 is 1. The van der Waals surface area contributed by atoms with Gasteiger partial charge in [-0.05, 0) is 71.0 Å². The molecule has 0 aliphatic carbocycles. The molecule has 1 fully saturated rings. The molecule has 0 aromatic heterocycles. The number of carbonyl (C=O) groups is 1.